The van der Waals surface area contributed by atoms with Crippen LogP contribution >= 0.6 is 35.7 Å². The van der Waals surface area contributed by atoms with Gasteiger partial charge in [0.15, 0.2) is 5.96 Å². The highest BCUT2D eigenvalue weighted by Gasteiger charge is 2.24. The van der Waals surface area contributed by atoms with Crippen molar-refractivity contribution in [2.45, 2.75) is 24.7 Å². The van der Waals surface area contributed by atoms with Crippen molar-refractivity contribution in [1.82, 2.24) is 14.9 Å². The number of likely N-dealkylation sites (tertiary alicyclic amines) is 1. The SMILES string of the molecule is CCNC(=NCCCNS(C)(=O)=O)N1CCC(CSc2ccccc2)C1.I. The molecule has 0 aliphatic carbocycles. The number of nitrogens with zero attached hydrogens (tertiary/aromatic N) is 2. The Kier molecular flexibility index (Phi) is 11.7. The van der Waals surface area contributed by atoms with E-state index in [2.05, 4.69) is 51.1 Å². The van der Waals surface area contributed by atoms with Gasteiger partial charge in [-0.3, -0.25) is 4.99 Å². The molecule has 1 heterocycles. The van der Waals surface area contributed by atoms with Crippen molar-refractivity contribution in [3.05, 3.63) is 30.3 Å². The zero-order valence-corrected chi connectivity index (χ0v) is 20.0. The Morgan fingerprint density at radius 3 is 2.74 bits per heavy atom. The van der Waals surface area contributed by atoms with E-state index in [-0.39, 0.29) is 24.0 Å². The molecule has 0 spiro atoms. The van der Waals surface area contributed by atoms with Crippen LogP contribution in [-0.2, 0) is 10.0 Å². The van der Waals surface area contributed by atoms with Crippen LogP contribution in [0, 0.1) is 5.92 Å². The largest absolute Gasteiger partial charge is 0.357 e. The number of guanidine groups is 1. The summed E-state index contributed by atoms with van der Waals surface area (Å²) in [5.41, 5.74) is 0. The van der Waals surface area contributed by atoms with Crippen LogP contribution in [0.5, 0.6) is 0 Å². The molecule has 1 saturated heterocycles. The summed E-state index contributed by atoms with van der Waals surface area (Å²) in [5.74, 6) is 2.73. The third-order valence-electron chi connectivity index (χ3n) is 4.11. The summed E-state index contributed by atoms with van der Waals surface area (Å²) in [6.07, 6.45) is 3.06. The maximum absolute atomic E-state index is 11.1. The van der Waals surface area contributed by atoms with Crippen molar-refractivity contribution in [2.24, 2.45) is 10.9 Å². The molecule has 1 unspecified atom stereocenters. The van der Waals surface area contributed by atoms with Crippen LogP contribution in [0.4, 0.5) is 0 Å². The van der Waals surface area contributed by atoms with E-state index in [9.17, 15) is 8.42 Å². The molecule has 9 heteroatoms. The van der Waals surface area contributed by atoms with Gasteiger partial charge in [-0.1, -0.05) is 18.2 Å². The molecule has 1 atom stereocenters. The van der Waals surface area contributed by atoms with Crippen LogP contribution in [-0.4, -0.2) is 64.0 Å². The fraction of sp³-hybridized carbons (Fsp3) is 0.611. The van der Waals surface area contributed by atoms with E-state index in [1.165, 1.54) is 17.6 Å². The van der Waals surface area contributed by atoms with Gasteiger partial charge in [0.1, 0.15) is 0 Å². The van der Waals surface area contributed by atoms with E-state index in [0.717, 1.165) is 31.3 Å². The molecule has 27 heavy (non-hydrogen) atoms. The number of halogens is 1. The minimum Gasteiger partial charge on any atom is -0.357 e. The molecule has 1 fully saturated rings. The van der Waals surface area contributed by atoms with Gasteiger partial charge in [-0.05, 0) is 37.8 Å². The number of aliphatic imine (C=N–C) groups is 1. The first-order valence-electron chi connectivity index (χ1n) is 9.13. The van der Waals surface area contributed by atoms with Crippen LogP contribution in [0.3, 0.4) is 0 Å². The van der Waals surface area contributed by atoms with E-state index >= 15 is 0 Å². The van der Waals surface area contributed by atoms with Crippen molar-refractivity contribution in [1.29, 1.82) is 0 Å². The molecule has 2 N–H and O–H groups in total. The zero-order valence-electron chi connectivity index (χ0n) is 16.1. The first-order valence-corrected chi connectivity index (χ1v) is 12.0. The molecular weight excluding hydrogens is 495 g/mol. The smallest absolute Gasteiger partial charge is 0.208 e. The Morgan fingerprint density at radius 1 is 1.33 bits per heavy atom. The van der Waals surface area contributed by atoms with Crippen LogP contribution in [0.2, 0.25) is 0 Å². The molecule has 2 rings (SSSR count). The van der Waals surface area contributed by atoms with Crippen molar-refractivity contribution >= 4 is 51.7 Å². The molecule has 0 radical (unpaired) electrons. The molecule has 154 valence electrons. The van der Waals surface area contributed by atoms with Crippen molar-refractivity contribution < 1.29 is 8.42 Å². The maximum Gasteiger partial charge on any atom is 0.208 e. The maximum atomic E-state index is 11.1. The van der Waals surface area contributed by atoms with Gasteiger partial charge < -0.3 is 10.2 Å². The molecule has 0 aromatic heterocycles. The summed E-state index contributed by atoms with van der Waals surface area (Å²) in [4.78, 5) is 8.30. The van der Waals surface area contributed by atoms with Crippen LogP contribution < -0.4 is 10.0 Å². The second kappa shape index (κ2) is 12.8. The first-order chi connectivity index (χ1) is 12.5. The topological polar surface area (TPSA) is 73.8 Å². The highest BCUT2D eigenvalue weighted by Crippen LogP contribution is 2.25. The predicted octanol–water partition coefficient (Wildman–Crippen LogP) is 2.62. The summed E-state index contributed by atoms with van der Waals surface area (Å²) < 4.78 is 24.6. The summed E-state index contributed by atoms with van der Waals surface area (Å²) >= 11 is 1.92. The Morgan fingerprint density at radius 2 is 2.07 bits per heavy atom. The zero-order chi connectivity index (χ0) is 18.8. The number of sulfonamides is 1. The second-order valence-corrected chi connectivity index (χ2v) is 9.41. The van der Waals surface area contributed by atoms with E-state index < -0.39 is 10.0 Å². The van der Waals surface area contributed by atoms with Gasteiger partial charge >= 0.3 is 0 Å². The molecule has 1 aliphatic heterocycles. The van der Waals surface area contributed by atoms with Gasteiger partial charge in [0.05, 0.1) is 6.26 Å². The van der Waals surface area contributed by atoms with Gasteiger partial charge in [0.2, 0.25) is 10.0 Å². The molecule has 1 aromatic carbocycles. The summed E-state index contributed by atoms with van der Waals surface area (Å²) in [6.45, 7) is 5.99. The number of hydrogen-bond donors (Lipinski definition) is 2. The van der Waals surface area contributed by atoms with Gasteiger partial charge in [0.25, 0.3) is 0 Å². The van der Waals surface area contributed by atoms with E-state index in [1.807, 2.05) is 17.8 Å². The minimum absolute atomic E-state index is 0. The average Bonchev–Trinajstić information content (AvgIpc) is 3.07. The fourth-order valence-corrected chi connectivity index (χ4v) is 4.40. The Labute approximate surface area is 185 Å². The van der Waals surface area contributed by atoms with E-state index in [4.69, 9.17) is 0 Å². The molecule has 1 aliphatic rings. The average molecular weight is 527 g/mol. The van der Waals surface area contributed by atoms with Gasteiger partial charge in [-0.2, -0.15) is 0 Å². The second-order valence-electron chi connectivity index (χ2n) is 6.48. The van der Waals surface area contributed by atoms with Crippen LogP contribution in [0.15, 0.2) is 40.2 Å². The first kappa shape index (κ1) is 24.5. The Bertz CT molecular complexity index is 671. The van der Waals surface area contributed by atoms with E-state index in [1.54, 1.807) is 0 Å². The third kappa shape index (κ3) is 10.00. The van der Waals surface area contributed by atoms with Crippen LogP contribution in [0.25, 0.3) is 0 Å². The molecule has 6 nitrogen and oxygen atoms in total. The number of rotatable bonds is 9. The summed E-state index contributed by atoms with van der Waals surface area (Å²) in [7, 11) is -3.11. The fourth-order valence-electron chi connectivity index (χ4n) is 2.84. The lowest BCUT2D eigenvalue weighted by Crippen LogP contribution is -2.40. The lowest BCUT2D eigenvalue weighted by molar-refractivity contribution is 0.474. The Balaban J connectivity index is 0.00000364. The van der Waals surface area contributed by atoms with Gasteiger partial charge in [-0.25, -0.2) is 13.1 Å². The molecule has 1 aromatic rings. The quantitative estimate of drug-likeness (QED) is 0.170. The van der Waals surface area contributed by atoms with Gasteiger partial charge in [0, 0.05) is 43.4 Å². The van der Waals surface area contributed by atoms with Crippen molar-refractivity contribution in [2.75, 3.05) is 44.7 Å². The third-order valence-corrected chi connectivity index (χ3v) is 6.08. The summed E-state index contributed by atoms with van der Waals surface area (Å²) in [6, 6.07) is 10.5. The van der Waals surface area contributed by atoms with Crippen molar-refractivity contribution in [3.8, 4) is 0 Å². The number of thioether (sulfide) groups is 1. The lowest BCUT2D eigenvalue weighted by atomic mass is 10.2. The number of hydrogen-bond acceptors (Lipinski definition) is 4. The van der Waals surface area contributed by atoms with Crippen molar-refractivity contribution in [3.63, 3.8) is 0 Å². The van der Waals surface area contributed by atoms with Gasteiger partial charge in [-0.15, -0.1) is 35.7 Å². The monoisotopic (exact) mass is 526 g/mol. The minimum atomic E-state index is -3.11. The number of nitrogens with one attached hydrogen (secondary N) is 2. The lowest BCUT2D eigenvalue weighted by Gasteiger charge is -2.21. The normalized spacial score (nSPS) is 17.6. The highest BCUT2D eigenvalue weighted by atomic mass is 127. The number of benzene rings is 1. The standard InChI is InChI=1S/C18H30N4O2S2.HI/c1-3-19-18(20-11-7-12-21-26(2,23)24)22-13-10-16(14-22)15-25-17-8-5-4-6-9-17;/h4-6,8-9,16,21H,3,7,10-15H2,1-2H3,(H,19,20);1H. The summed E-state index contributed by atoms with van der Waals surface area (Å²) in [5, 5.41) is 3.36. The Hall–Kier alpha value is -0.520. The molecule has 0 saturated carbocycles. The molecular formula is C18H31IN4O2S2. The predicted molar refractivity (Wildman–Crippen MR) is 126 cm³/mol. The molecule has 0 amide bonds. The van der Waals surface area contributed by atoms with Crippen LogP contribution in [0.1, 0.15) is 19.8 Å². The highest BCUT2D eigenvalue weighted by molar-refractivity contribution is 14.0. The van der Waals surface area contributed by atoms with E-state index in [0.29, 0.717) is 25.4 Å². The molecule has 0 bridgehead atoms.